The Hall–Kier alpha value is 0.650. The Bertz CT molecular complexity index is 301. The minimum atomic E-state index is -0.464. The van der Waals surface area contributed by atoms with Crippen LogP contribution in [0.5, 0.6) is 0 Å². The Morgan fingerprint density at radius 2 is 1.86 bits per heavy atom. The molecule has 1 rings (SSSR count). The van der Waals surface area contributed by atoms with Gasteiger partial charge in [0.15, 0.2) is 0 Å². The molecule has 0 spiro atoms. The van der Waals surface area contributed by atoms with E-state index in [0.29, 0.717) is 5.69 Å². The molecule has 7 heteroatoms. The fourth-order valence-corrected chi connectivity index (χ4v) is 2.17. The first-order valence-electron chi connectivity index (χ1n) is 3.85. The standard InChI is InChI=1S/C7H12IN2O2P2/c1-8-12-9(11)6-4-2-3-5-7(6)10(13)14/h2-5,9H,13-14H2,1H3/q-1/p+1. The van der Waals surface area contributed by atoms with Crippen molar-refractivity contribution >= 4 is 30.2 Å². The normalized spacial score (nSPS) is 13.5. The zero-order valence-electron chi connectivity index (χ0n) is 7.66. The van der Waals surface area contributed by atoms with Crippen LogP contribution in [-0.2, 0) is 3.17 Å². The van der Waals surface area contributed by atoms with Crippen molar-refractivity contribution in [1.29, 1.82) is 0 Å². The maximum absolute atomic E-state index is 11.5. The predicted octanol–water partition coefficient (Wildman–Crippen LogP) is -3.64. The number of nitrogens with one attached hydrogen (secondary N) is 2. The Morgan fingerprint density at radius 3 is 2.36 bits per heavy atom. The molecule has 1 aromatic carbocycles. The van der Waals surface area contributed by atoms with E-state index in [-0.39, 0.29) is 5.23 Å². The van der Waals surface area contributed by atoms with Crippen molar-refractivity contribution in [2.75, 3.05) is 4.93 Å². The fraction of sp³-hybridized carbons (Fsp3) is 0.143. The van der Waals surface area contributed by atoms with Crippen molar-refractivity contribution in [2.24, 2.45) is 0 Å². The Kier molecular flexibility index (Phi) is 5.71. The first kappa shape index (κ1) is 12.7. The van der Waals surface area contributed by atoms with Crippen molar-refractivity contribution in [1.82, 2.24) is 0 Å². The summed E-state index contributed by atoms with van der Waals surface area (Å²) in [5.41, 5.74) is 1.54. The molecule has 0 fully saturated rings. The topological polar surface area (TPSA) is 41.2 Å². The van der Waals surface area contributed by atoms with E-state index in [9.17, 15) is 5.21 Å². The number of alkyl halides is 1. The summed E-state index contributed by atoms with van der Waals surface area (Å²) in [7, 11) is 5.14. The minimum absolute atomic E-state index is 0.224. The van der Waals surface area contributed by atoms with E-state index in [0.717, 1.165) is 10.1 Å². The first-order valence-corrected chi connectivity index (χ1v) is 8.04. The van der Waals surface area contributed by atoms with Crippen LogP contribution in [0.25, 0.3) is 0 Å². The maximum atomic E-state index is 11.5. The molecule has 0 heterocycles. The molecule has 3 atom stereocenters. The summed E-state index contributed by atoms with van der Waals surface area (Å²) < 4.78 is 6.02. The van der Waals surface area contributed by atoms with E-state index < -0.39 is 21.6 Å². The van der Waals surface area contributed by atoms with Gasteiger partial charge in [0.25, 0.3) is 0 Å². The van der Waals surface area contributed by atoms with Gasteiger partial charge in [-0.25, -0.2) is 0 Å². The monoisotopic (exact) mass is 346 g/mol. The number of quaternary nitrogens is 2. The van der Waals surface area contributed by atoms with E-state index in [4.69, 9.17) is 3.17 Å². The van der Waals surface area contributed by atoms with E-state index in [2.05, 4.69) is 18.8 Å². The van der Waals surface area contributed by atoms with Crippen LogP contribution < -0.4 is 31.3 Å². The van der Waals surface area contributed by atoms with E-state index in [1.165, 1.54) is 0 Å². The fourth-order valence-electron chi connectivity index (χ4n) is 1.02. The van der Waals surface area contributed by atoms with Crippen LogP contribution in [0.2, 0.25) is 0 Å². The van der Waals surface area contributed by atoms with Gasteiger partial charge in [-0.15, -0.1) is 0 Å². The van der Waals surface area contributed by atoms with Gasteiger partial charge in [0.2, 0.25) is 0 Å². The first-order chi connectivity index (χ1) is 6.66. The van der Waals surface area contributed by atoms with Gasteiger partial charge in [-0.2, -0.15) is 0 Å². The third kappa shape index (κ3) is 3.35. The van der Waals surface area contributed by atoms with Crippen LogP contribution in [-0.4, -0.2) is 4.93 Å². The van der Waals surface area contributed by atoms with Crippen molar-refractivity contribution < 1.29 is 34.5 Å². The number of hydrogen-bond acceptors (Lipinski definition) is 2. The third-order valence-electron chi connectivity index (χ3n) is 1.61. The predicted molar refractivity (Wildman–Crippen MR) is 57.5 cm³/mol. The molecule has 14 heavy (non-hydrogen) atoms. The van der Waals surface area contributed by atoms with Gasteiger partial charge in [-0.3, -0.25) is 0 Å². The zero-order valence-corrected chi connectivity index (χ0v) is 12.1. The molecule has 2 N–H and O–H groups in total. The van der Waals surface area contributed by atoms with Gasteiger partial charge in [0, 0.05) is 0 Å². The number of halogens is 1. The van der Waals surface area contributed by atoms with Crippen LogP contribution in [0.4, 0.5) is 11.4 Å². The third-order valence-corrected chi connectivity index (χ3v) is 3.07. The summed E-state index contributed by atoms with van der Waals surface area (Å²) in [6, 6.07) is 7.43. The van der Waals surface area contributed by atoms with Gasteiger partial charge in [-0.05, 0) is 0 Å². The Balaban J connectivity index is 2.94. The van der Waals surface area contributed by atoms with Crippen molar-refractivity contribution in [2.45, 2.75) is 0 Å². The van der Waals surface area contributed by atoms with Crippen LogP contribution in [0.15, 0.2) is 24.3 Å². The molecule has 80 valence electrons. The Morgan fingerprint density at radius 1 is 1.29 bits per heavy atom. The second kappa shape index (κ2) is 6.28. The quantitative estimate of drug-likeness (QED) is 0.256. The molecule has 0 saturated heterocycles. The molecule has 0 saturated carbocycles. The molecule has 0 aliphatic heterocycles. The van der Waals surface area contributed by atoms with Crippen LogP contribution in [0.1, 0.15) is 0 Å². The summed E-state index contributed by atoms with van der Waals surface area (Å²) >= 11 is -0.464. The van der Waals surface area contributed by atoms with Gasteiger partial charge < -0.3 is 0 Å². The van der Waals surface area contributed by atoms with Crippen molar-refractivity contribution in [3.05, 3.63) is 29.5 Å². The van der Waals surface area contributed by atoms with Crippen molar-refractivity contribution in [3.8, 4) is 0 Å². The molecule has 0 aliphatic carbocycles. The molecule has 0 aliphatic rings. The molecule has 4 nitrogen and oxygen atoms in total. The van der Waals surface area contributed by atoms with Gasteiger partial charge in [-0.1, -0.05) is 0 Å². The molecular formula is C7H13IN2O2P2. The average Bonchev–Trinajstić information content (AvgIpc) is 2.18. The van der Waals surface area contributed by atoms with E-state index in [1.807, 2.05) is 23.1 Å². The Labute approximate surface area is 98.8 Å². The molecule has 1 aromatic rings. The summed E-state index contributed by atoms with van der Waals surface area (Å²) in [4.78, 5) is 1.91. The van der Waals surface area contributed by atoms with Gasteiger partial charge >= 0.3 is 99.0 Å². The average molecular weight is 346 g/mol. The molecule has 0 aromatic heterocycles. The summed E-state index contributed by atoms with van der Waals surface area (Å²) in [5, 5.41) is 11.3. The number of benzene rings is 1. The summed E-state index contributed by atoms with van der Waals surface area (Å²) in [6.45, 7) is 0. The zero-order chi connectivity index (χ0) is 10.6. The SMILES string of the molecule is C[I-]O[NH+]([O-])c1ccccc1[NH+](P)P. The molecule has 0 radical (unpaired) electrons. The van der Waals surface area contributed by atoms with Gasteiger partial charge in [0.05, 0.1) is 0 Å². The molecule has 0 bridgehead atoms. The van der Waals surface area contributed by atoms with Crippen LogP contribution in [0.3, 0.4) is 0 Å². The summed E-state index contributed by atoms with van der Waals surface area (Å²) in [5.74, 6) is 0. The second-order valence-corrected chi connectivity index (χ2v) is 5.75. The van der Waals surface area contributed by atoms with Crippen LogP contribution >= 0.6 is 18.8 Å². The van der Waals surface area contributed by atoms with Crippen LogP contribution in [0, 0.1) is 5.21 Å². The van der Waals surface area contributed by atoms with Crippen molar-refractivity contribution in [3.63, 3.8) is 0 Å². The number of hydrogen-bond donors (Lipinski definition) is 2. The van der Waals surface area contributed by atoms with Gasteiger partial charge in [0.1, 0.15) is 0 Å². The molecule has 3 unspecified atom stereocenters. The summed E-state index contributed by atoms with van der Waals surface area (Å²) in [6.07, 6.45) is 0. The second-order valence-electron chi connectivity index (χ2n) is 2.52. The molecule has 0 amide bonds. The van der Waals surface area contributed by atoms with E-state index in [1.54, 1.807) is 6.07 Å². The molecular weight excluding hydrogens is 333 g/mol. The number of rotatable bonds is 4. The van der Waals surface area contributed by atoms with E-state index >= 15 is 0 Å².